The maximum Gasteiger partial charge on any atom is 0.367 e. The maximum absolute atomic E-state index is 12.8. The Hall–Kier alpha value is -1.42. The average molecular weight is 904 g/mol. The van der Waals surface area contributed by atoms with Crippen LogP contribution in [0.15, 0.2) is 0 Å². The monoisotopic (exact) mass is 904 g/mol. The molecule has 1 aliphatic heterocycles. The number of carbonyl (C=O) groups is 2. The zero-order valence-corrected chi connectivity index (χ0v) is 40.3. The van der Waals surface area contributed by atoms with Crippen LogP contribution in [0.5, 0.6) is 0 Å². The molecule has 0 unspecified atom stereocenters. The molecule has 1 saturated heterocycles. The smallest absolute Gasteiger partial charge is 0.367 e. The summed E-state index contributed by atoms with van der Waals surface area (Å²) >= 11 is 0. The van der Waals surface area contributed by atoms with E-state index in [9.17, 15) is 40.2 Å². The summed E-state index contributed by atoms with van der Waals surface area (Å²) in [5, 5.41) is 65.3. The van der Waals surface area contributed by atoms with Crippen LogP contribution in [0.25, 0.3) is 0 Å². The number of nitrogens with one attached hydrogen (secondary N) is 1. The number of carboxylic acids is 1. The van der Waals surface area contributed by atoms with E-state index in [4.69, 9.17) is 18.9 Å². The highest BCUT2D eigenvalue weighted by atomic mass is 16.7. The third-order valence-electron chi connectivity index (χ3n) is 12.6. The Balaban J connectivity index is 2.60. The molecule has 0 aromatic heterocycles. The van der Waals surface area contributed by atoms with E-state index in [-0.39, 0.29) is 6.61 Å². The summed E-state index contributed by atoms with van der Waals surface area (Å²) in [5.41, 5.74) is 0. The van der Waals surface area contributed by atoms with Crippen molar-refractivity contribution >= 4 is 11.9 Å². The molecule has 63 heavy (non-hydrogen) atoms. The van der Waals surface area contributed by atoms with Crippen LogP contribution in [0.3, 0.4) is 0 Å². The number of carbonyl (C=O) groups excluding carboxylic acids is 1. The number of amides is 1. The van der Waals surface area contributed by atoms with E-state index < -0.39 is 73.5 Å². The average Bonchev–Trinajstić information content (AvgIpc) is 3.27. The number of aliphatic hydroxyl groups is 5. The number of unbranched alkanes of at least 4 members (excludes halogenated alkanes) is 30. The first-order chi connectivity index (χ1) is 30.5. The lowest BCUT2D eigenvalue weighted by molar-refractivity contribution is -0.351. The molecule has 7 N–H and O–H groups in total. The van der Waals surface area contributed by atoms with Gasteiger partial charge in [0.1, 0.15) is 36.6 Å². The zero-order valence-electron chi connectivity index (χ0n) is 40.3. The predicted molar refractivity (Wildman–Crippen MR) is 250 cm³/mol. The third-order valence-corrected chi connectivity index (χ3v) is 12.6. The van der Waals surface area contributed by atoms with E-state index in [2.05, 4.69) is 19.2 Å². The van der Waals surface area contributed by atoms with Gasteiger partial charge in [0.15, 0.2) is 0 Å². The SMILES string of the molecule is CCCCCCCCCCCCCCCCCCOC[C@H](CO[C@@]1(C(=O)O)O[C@@H]([C@H](O)[C@H](O)CO)[C@H](NC(C)=O)[C@@H](O)[C@@H]1O)OCCCCCCCCCCCCCCCCCC. The van der Waals surface area contributed by atoms with Gasteiger partial charge in [-0.25, -0.2) is 4.79 Å². The molecule has 1 fully saturated rings. The molecule has 13 heteroatoms. The topological polar surface area (TPSA) is 204 Å². The Morgan fingerprint density at radius 2 is 0.984 bits per heavy atom. The number of aliphatic carboxylic acids is 1. The summed E-state index contributed by atoms with van der Waals surface area (Å²) in [7, 11) is 0. The van der Waals surface area contributed by atoms with E-state index >= 15 is 0 Å². The lowest BCUT2D eigenvalue weighted by Crippen LogP contribution is -2.74. The molecule has 0 aromatic carbocycles. The van der Waals surface area contributed by atoms with Crippen molar-refractivity contribution in [1.29, 1.82) is 0 Å². The van der Waals surface area contributed by atoms with Crippen molar-refractivity contribution in [2.24, 2.45) is 0 Å². The normalized spacial score (nSPS) is 21.7. The van der Waals surface area contributed by atoms with E-state index in [1.54, 1.807) is 0 Å². The van der Waals surface area contributed by atoms with Gasteiger partial charge in [-0.2, -0.15) is 0 Å². The molecule has 0 bridgehead atoms. The maximum atomic E-state index is 12.8. The van der Waals surface area contributed by atoms with E-state index in [0.29, 0.717) is 13.2 Å². The quantitative estimate of drug-likeness (QED) is 0.0286. The van der Waals surface area contributed by atoms with Crippen molar-refractivity contribution in [2.45, 2.75) is 275 Å². The first-order valence-electron chi connectivity index (χ1n) is 25.9. The van der Waals surface area contributed by atoms with Crippen LogP contribution in [0.2, 0.25) is 0 Å². The summed E-state index contributed by atoms with van der Waals surface area (Å²) < 4.78 is 23.6. The van der Waals surface area contributed by atoms with Crippen molar-refractivity contribution in [3.8, 4) is 0 Å². The van der Waals surface area contributed by atoms with Crippen molar-refractivity contribution in [3.05, 3.63) is 0 Å². The van der Waals surface area contributed by atoms with Gasteiger partial charge in [0, 0.05) is 20.1 Å². The third kappa shape index (κ3) is 27.7. The summed E-state index contributed by atoms with van der Waals surface area (Å²) in [6.07, 6.45) is 29.8. The highest BCUT2D eigenvalue weighted by Gasteiger charge is 2.62. The molecule has 1 aliphatic rings. The number of aliphatic hydroxyl groups excluding tert-OH is 5. The van der Waals surface area contributed by atoms with Crippen LogP contribution in [0, 0.1) is 0 Å². The second-order valence-electron chi connectivity index (χ2n) is 18.4. The Kier molecular flexibility index (Phi) is 37.6. The molecule has 1 rings (SSSR count). The minimum atomic E-state index is -2.90. The summed E-state index contributed by atoms with van der Waals surface area (Å²) in [6, 6.07) is -1.53. The Bertz CT molecular complexity index is 1070. The van der Waals surface area contributed by atoms with Gasteiger partial charge in [0.25, 0.3) is 5.79 Å². The summed E-state index contributed by atoms with van der Waals surface area (Å²) in [6.45, 7) is 5.30. The molecule has 1 amide bonds. The van der Waals surface area contributed by atoms with Crippen LogP contribution in [0.1, 0.15) is 226 Å². The number of carboxylic acid groups (broad SMARTS) is 1. The highest BCUT2D eigenvalue weighted by Crippen LogP contribution is 2.34. The fraction of sp³-hybridized carbons (Fsp3) is 0.960. The van der Waals surface area contributed by atoms with E-state index in [0.717, 1.165) is 45.4 Å². The van der Waals surface area contributed by atoms with Crippen molar-refractivity contribution in [3.63, 3.8) is 0 Å². The van der Waals surface area contributed by atoms with Gasteiger partial charge in [-0.3, -0.25) is 4.79 Å². The van der Waals surface area contributed by atoms with Gasteiger partial charge in [0.2, 0.25) is 5.91 Å². The molecule has 0 aromatic rings. The summed E-state index contributed by atoms with van der Waals surface area (Å²) in [5.74, 6) is -5.37. The van der Waals surface area contributed by atoms with Gasteiger partial charge < -0.3 is 54.9 Å². The molecule has 8 atom stereocenters. The Morgan fingerprint density at radius 1 is 0.603 bits per heavy atom. The van der Waals surface area contributed by atoms with Gasteiger partial charge in [0.05, 0.1) is 25.9 Å². The van der Waals surface area contributed by atoms with Crippen LogP contribution in [-0.2, 0) is 28.5 Å². The van der Waals surface area contributed by atoms with Crippen molar-refractivity contribution < 1.29 is 59.2 Å². The lowest BCUT2D eigenvalue weighted by Gasteiger charge is -2.49. The highest BCUT2D eigenvalue weighted by molar-refractivity contribution is 5.77. The Labute approximate surface area is 383 Å². The second kappa shape index (κ2) is 39.7. The predicted octanol–water partition coefficient (Wildman–Crippen LogP) is 9.05. The molecule has 0 saturated carbocycles. The standard InChI is InChI=1S/C50H97NO12/c1-4-6-8-10-12-14-16-18-20-22-24-26-28-30-32-34-36-60-39-42(61-37-35-33-31-29-27-25-23-21-19-17-15-13-11-9-7-5-2)40-62-50(49(58)59)48(57)46(56)44(51-41(3)53)47(63-50)45(55)43(54)38-52/h42-48,52,54-57H,4-40H2,1-3H3,(H,51,53)(H,58,59)/t42-,43-,44-,45-,46-,47-,48+,50-/m1/s1. The van der Waals surface area contributed by atoms with E-state index in [1.807, 2.05) is 0 Å². The first-order valence-corrected chi connectivity index (χ1v) is 25.9. The van der Waals surface area contributed by atoms with Gasteiger partial charge in [-0.05, 0) is 12.8 Å². The molecule has 0 radical (unpaired) electrons. The van der Waals surface area contributed by atoms with E-state index in [1.165, 1.54) is 167 Å². The molecular formula is C50H97NO12. The van der Waals surface area contributed by atoms with Gasteiger partial charge >= 0.3 is 5.97 Å². The summed E-state index contributed by atoms with van der Waals surface area (Å²) in [4.78, 5) is 24.7. The number of hydrogen-bond donors (Lipinski definition) is 7. The zero-order chi connectivity index (χ0) is 46.4. The second-order valence-corrected chi connectivity index (χ2v) is 18.4. The fourth-order valence-corrected chi connectivity index (χ4v) is 8.56. The van der Waals surface area contributed by atoms with Gasteiger partial charge in [-0.1, -0.05) is 206 Å². The van der Waals surface area contributed by atoms with Crippen LogP contribution < -0.4 is 5.32 Å². The number of ether oxygens (including phenoxy) is 4. The largest absolute Gasteiger partial charge is 0.477 e. The van der Waals surface area contributed by atoms with Crippen LogP contribution in [0.4, 0.5) is 0 Å². The first kappa shape index (κ1) is 59.6. The minimum absolute atomic E-state index is 0.0930. The molecule has 13 nitrogen and oxygen atoms in total. The van der Waals surface area contributed by atoms with Crippen LogP contribution in [-0.4, -0.2) is 124 Å². The molecule has 0 spiro atoms. The molecule has 1 heterocycles. The van der Waals surface area contributed by atoms with Gasteiger partial charge in [-0.15, -0.1) is 0 Å². The van der Waals surface area contributed by atoms with Crippen molar-refractivity contribution in [2.75, 3.05) is 33.0 Å². The number of hydrogen-bond acceptors (Lipinski definition) is 11. The fourth-order valence-electron chi connectivity index (χ4n) is 8.56. The Morgan fingerprint density at radius 3 is 1.35 bits per heavy atom. The van der Waals surface area contributed by atoms with Crippen molar-refractivity contribution in [1.82, 2.24) is 5.32 Å². The lowest BCUT2D eigenvalue weighted by atomic mass is 9.86. The minimum Gasteiger partial charge on any atom is -0.477 e. The van der Waals surface area contributed by atoms with Crippen LogP contribution >= 0.6 is 0 Å². The molecular weight excluding hydrogens is 807 g/mol. The molecule has 0 aliphatic carbocycles. The molecule has 374 valence electrons. The number of rotatable bonds is 45.